The van der Waals surface area contributed by atoms with Crippen LogP contribution in [0.1, 0.15) is 15.9 Å². The van der Waals surface area contributed by atoms with Gasteiger partial charge in [0, 0.05) is 55.8 Å². The van der Waals surface area contributed by atoms with Crippen LogP contribution in [0.5, 0.6) is 0 Å². The fraction of sp³-hybridized carbons (Fsp3) is 0.300. The number of nitrogens with zero attached hydrogens (tertiary/aromatic N) is 3. The SMILES string of the molecule is Cc1ccc(S(C)(=O)=O)cc1C(=O)N1CCN(S(=O)(=O)c2c[nH]c3ncccc23)CC1. The Balaban J connectivity index is 1.53. The molecule has 3 heterocycles. The van der Waals surface area contributed by atoms with Crippen LogP contribution < -0.4 is 0 Å². The molecule has 1 aliphatic rings. The first-order chi connectivity index (χ1) is 14.6. The molecule has 0 unspecified atom stereocenters. The molecule has 2 aromatic heterocycles. The van der Waals surface area contributed by atoms with Gasteiger partial charge < -0.3 is 9.88 Å². The summed E-state index contributed by atoms with van der Waals surface area (Å²) in [5.41, 5.74) is 1.47. The van der Waals surface area contributed by atoms with E-state index in [-0.39, 0.29) is 41.9 Å². The Morgan fingerprint density at radius 1 is 1.06 bits per heavy atom. The lowest BCUT2D eigenvalue weighted by Gasteiger charge is -2.34. The molecule has 9 nitrogen and oxygen atoms in total. The Kier molecular flexibility index (Phi) is 5.36. The number of fused-ring (bicyclic) bond motifs is 1. The van der Waals surface area contributed by atoms with E-state index in [0.717, 1.165) is 6.26 Å². The van der Waals surface area contributed by atoms with Crippen molar-refractivity contribution < 1.29 is 21.6 Å². The van der Waals surface area contributed by atoms with Crippen molar-refractivity contribution >= 4 is 36.8 Å². The van der Waals surface area contributed by atoms with Crippen molar-refractivity contribution in [2.75, 3.05) is 32.4 Å². The minimum Gasteiger partial charge on any atom is -0.345 e. The molecule has 1 aromatic carbocycles. The van der Waals surface area contributed by atoms with Crippen molar-refractivity contribution in [3.8, 4) is 0 Å². The van der Waals surface area contributed by atoms with E-state index in [0.29, 0.717) is 22.2 Å². The van der Waals surface area contributed by atoms with Gasteiger partial charge in [-0.1, -0.05) is 6.07 Å². The maximum Gasteiger partial charge on any atom is 0.254 e. The minimum atomic E-state index is -3.75. The van der Waals surface area contributed by atoms with E-state index in [1.165, 1.54) is 22.6 Å². The molecule has 0 bridgehead atoms. The average molecular weight is 463 g/mol. The second-order valence-corrected chi connectivity index (χ2v) is 11.4. The first-order valence-corrected chi connectivity index (χ1v) is 12.9. The number of aryl methyl sites for hydroxylation is 1. The van der Waals surface area contributed by atoms with Gasteiger partial charge in [0.1, 0.15) is 10.5 Å². The number of H-pyrrole nitrogens is 1. The average Bonchev–Trinajstić information content (AvgIpc) is 3.18. The molecule has 11 heteroatoms. The third-order valence-corrected chi connectivity index (χ3v) is 8.47. The lowest BCUT2D eigenvalue weighted by Crippen LogP contribution is -2.50. The number of amides is 1. The predicted molar refractivity (Wildman–Crippen MR) is 115 cm³/mol. The van der Waals surface area contributed by atoms with E-state index in [4.69, 9.17) is 0 Å². The molecule has 1 aliphatic heterocycles. The van der Waals surface area contributed by atoms with Crippen molar-refractivity contribution in [1.29, 1.82) is 0 Å². The van der Waals surface area contributed by atoms with Crippen LogP contribution >= 0.6 is 0 Å². The summed E-state index contributed by atoms with van der Waals surface area (Å²) in [5.74, 6) is -0.309. The summed E-state index contributed by atoms with van der Waals surface area (Å²) in [6.45, 7) is 2.45. The molecular formula is C20H22N4O5S2. The molecule has 1 amide bonds. The van der Waals surface area contributed by atoms with Crippen molar-refractivity contribution in [2.24, 2.45) is 0 Å². The van der Waals surface area contributed by atoms with Gasteiger partial charge >= 0.3 is 0 Å². The molecule has 1 saturated heterocycles. The molecule has 0 saturated carbocycles. The molecule has 4 rings (SSSR count). The molecule has 164 valence electrons. The Morgan fingerprint density at radius 3 is 2.45 bits per heavy atom. The number of aromatic nitrogens is 2. The number of pyridine rings is 1. The summed E-state index contributed by atoms with van der Waals surface area (Å²) in [6, 6.07) is 7.84. The summed E-state index contributed by atoms with van der Waals surface area (Å²) in [6.07, 6.45) is 4.11. The lowest BCUT2D eigenvalue weighted by molar-refractivity contribution is 0.0697. The van der Waals surface area contributed by atoms with Gasteiger partial charge in [-0.05, 0) is 36.8 Å². The van der Waals surface area contributed by atoms with E-state index in [1.807, 2.05) is 0 Å². The number of rotatable bonds is 4. The van der Waals surface area contributed by atoms with E-state index >= 15 is 0 Å². The van der Waals surface area contributed by atoms with Crippen LogP contribution in [0.25, 0.3) is 11.0 Å². The number of carbonyl (C=O) groups is 1. The molecule has 0 aliphatic carbocycles. The zero-order chi connectivity index (χ0) is 22.4. The quantitative estimate of drug-likeness (QED) is 0.626. The van der Waals surface area contributed by atoms with Gasteiger partial charge in [-0.2, -0.15) is 4.31 Å². The van der Waals surface area contributed by atoms with Gasteiger partial charge in [0.2, 0.25) is 10.0 Å². The molecule has 3 aromatic rings. The second kappa shape index (κ2) is 7.74. The first kappa shape index (κ1) is 21.5. The summed E-state index contributed by atoms with van der Waals surface area (Å²) in [4.78, 5) is 21.8. The Morgan fingerprint density at radius 2 is 1.77 bits per heavy atom. The van der Waals surface area contributed by atoms with Gasteiger partial charge in [0.05, 0.1) is 4.90 Å². The van der Waals surface area contributed by atoms with E-state index in [1.54, 1.807) is 36.2 Å². The number of piperazine rings is 1. The number of hydrogen-bond donors (Lipinski definition) is 1. The van der Waals surface area contributed by atoms with Crippen LogP contribution in [0.2, 0.25) is 0 Å². The third-order valence-electron chi connectivity index (χ3n) is 5.42. The second-order valence-electron chi connectivity index (χ2n) is 7.50. The highest BCUT2D eigenvalue weighted by molar-refractivity contribution is 7.90. The van der Waals surface area contributed by atoms with Crippen LogP contribution in [0.4, 0.5) is 0 Å². The monoisotopic (exact) mass is 462 g/mol. The maximum atomic E-state index is 13.1. The number of aromatic amines is 1. The standard InChI is InChI=1S/C20H22N4O5S2/c1-14-5-6-15(30(2,26)27)12-17(14)20(25)23-8-10-24(11-9-23)31(28,29)18-13-22-19-16(18)4-3-7-21-19/h3-7,12-13H,8-11H2,1-2H3,(H,21,22). The summed E-state index contributed by atoms with van der Waals surface area (Å²) in [7, 11) is -7.19. The number of sulfone groups is 1. The van der Waals surface area contributed by atoms with Crippen LogP contribution in [0.15, 0.2) is 52.5 Å². The van der Waals surface area contributed by atoms with Crippen molar-refractivity contribution in [1.82, 2.24) is 19.2 Å². The smallest absolute Gasteiger partial charge is 0.254 e. The van der Waals surface area contributed by atoms with Crippen molar-refractivity contribution in [2.45, 2.75) is 16.7 Å². The van der Waals surface area contributed by atoms with Crippen LogP contribution in [-0.4, -0.2) is 74.4 Å². The van der Waals surface area contributed by atoms with E-state index in [9.17, 15) is 21.6 Å². The van der Waals surface area contributed by atoms with Gasteiger partial charge in [0.25, 0.3) is 5.91 Å². The zero-order valence-corrected chi connectivity index (χ0v) is 18.7. The van der Waals surface area contributed by atoms with Crippen LogP contribution in [0.3, 0.4) is 0 Å². The number of benzene rings is 1. The van der Waals surface area contributed by atoms with E-state index in [2.05, 4.69) is 9.97 Å². The minimum absolute atomic E-state index is 0.0793. The Bertz CT molecular complexity index is 1370. The summed E-state index contributed by atoms with van der Waals surface area (Å²) in [5, 5.41) is 0.522. The maximum absolute atomic E-state index is 13.1. The van der Waals surface area contributed by atoms with Gasteiger partial charge in [-0.3, -0.25) is 4.79 Å². The van der Waals surface area contributed by atoms with Crippen molar-refractivity contribution in [3.63, 3.8) is 0 Å². The molecule has 0 atom stereocenters. The van der Waals surface area contributed by atoms with Gasteiger partial charge in [-0.15, -0.1) is 0 Å². The lowest BCUT2D eigenvalue weighted by atomic mass is 10.1. The number of nitrogens with one attached hydrogen (secondary N) is 1. The Hall–Kier alpha value is -2.76. The fourth-order valence-corrected chi connectivity index (χ4v) is 5.87. The fourth-order valence-electron chi connectivity index (χ4n) is 3.65. The number of carbonyl (C=O) groups excluding carboxylic acids is 1. The van der Waals surface area contributed by atoms with Gasteiger partial charge in [0.15, 0.2) is 9.84 Å². The molecule has 1 N–H and O–H groups in total. The highest BCUT2D eigenvalue weighted by Crippen LogP contribution is 2.26. The van der Waals surface area contributed by atoms with Gasteiger partial charge in [-0.25, -0.2) is 21.8 Å². The zero-order valence-electron chi connectivity index (χ0n) is 17.1. The van der Waals surface area contributed by atoms with Crippen LogP contribution in [0, 0.1) is 6.92 Å². The molecule has 0 radical (unpaired) electrons. The molecule has 1 fully saturated rings. The first-order valence-electron chi connectivity index (χ1n) is 9.61. The van der Waals surface area contributed by atoms with Crippen molar-refractivity contribution in [3.05, 3.63) is 53.9 Å². The highest BCUT2D eigenvalue weighted by atomic mass is 32.2. The molecule has 31 heavy (non-hydrogen) atoms. The highest BCUT2D eigenvalue weighted by Gasteiger charge is 2.32. The molecular weight excluding hydrogens is 440 g/mol. The normalized spacial score (nSPS) is 16.0. The number of hydrogen-bond acceptors (Lipinski definition) is 6. The Labute approximate surface area is 180 Å². The predicted octanol–water partition coefficient (Wildman–Crippen LogP) is 1.42. The van der Waals surface area contributed by atoms with E-state index < -0.39 is 19.9 Å². The number of sulfonamides is 1. The largest absolute Gasteiger partial charge is 0.345 e. The summed E-state index contributed by atoms with van der Waals surface area (Å²) >= 11 is 0. The molecule has 0 spiro atoms. The van der Waals surface area contributed by atoms with Crippen LogP contribution in [-0.2, 0) is 19.9 Å². The summed E-state index contributed by atoms with van der Waals surface area (Å²) < 4.78 is 51.3. The topological polar surface area (TPSA) is 121 Å². The third kappa shape index (κ3) is 3.95.